The number of carbonyl (C=O) groups excluding carboxylic acids is 4. The molecule has 0 saturated heterocycles. The number of rotatable bonds is 14. The normalized spacial score (nSPS) is 12.3. The fraction of sp³-hybridized carbons (Fsp3) is 0.538. The van der Waals surface area contributed by atoms with Crippen LogP contribution >= 0.6 is 0 Å². The maximum absolute atomic E-state index is 12.6. The third kappa shape index (κ3) is 16.1. The summed E-state index contributed by atoms with van der Waals surface area (Å²) in [6.45, 7) is 8.21. The predicted octanol–water partition coefficient (Wildman–Crippen LogP) is 1.86. The Morgan fingerprint density at radius 1 is 0.971 bits per heavy atom. The quantitative estimate of drug-likeness (QED) is 0.199. The molecule has 1 aromatic rings. The molecule has 9 heteroatoms. The molecule has 0 fully saturated rings. The minimum absolute atomic E-state index is 0.161. The van der Waals surface area contributed by atoms with Crippen molar-refractivity contribution in [1.29, 1.82) is 0 Å². The summed E-state index contributed by atoms with van der Waals surface area (Å²) in [5.41, 5.74) is 11.7. The highest BCUT2D eigenvalue weighted by atomic mass is 16.2. The van der Waals surface area contributed by atoms with Gasteiger partial charge in [0.2, 0.25) is 23.6 Å². The van der Waals surface area contributed by atoms with E-state index in [0.717, 1.165) is 5.56 Å². The smallest absolute Gasteiger partial charge is 0.244 e. The van der Waals surface area contributed by atoms with Crippen LogP contribution in [0, 0.1) is 5.92 Å². The first kappa shape index (κ1) is 31.8. The summed E-state index contributed by atoms with van der Waals surface area (Å²) in [6.07, 6.45) is 6.38. The van der Waals surface area contributed by atoms with Crippen LogP contribution < -0.4 is 27.4 Å². The zero-order chi connectivity index (χ0) is 26.6. The Hall–Kier alpha value is -3.20. The second-order valence-corrected chi connectivity index (χ2v) is 8.67. The van der Waals surface area contributed by atoms with Crippen molar-refractivity contribution < 1.29 is 19.2 Å². The summed E-state index contributed by atoms with van der Waals surface area (Å²) in [6, 6.07) is 7.68. The number of unbranched alkanes of at least 4 members (excludes halogenated alkanes) is 1. The fourth-order valence-corrected chi connectivity index (χ4v) is 2.97. The fourth-order valence-electron chi connectivity index (χ4n) is 2.97. The van der Waals surface area contributed by atoms with Crippen LogP contribution in [0.15, 0.2) is 36.4 Å². The number of nitrogens with two attached hydrogens (primary N) is 2. The van der Waals surface area contributed by atoms with Crippen molar-refractivity contribution in [1.82, 2.24) is 16.0 Å². The monoisotopic (exact) mass is 489 g/mol. The van der Waals surface area contributed by atoms with E-state index in [1.54, 1.807) is 6.08 Å². The van der Waals surface area contributed by atoms with E-state index in [1.807, 2.05) is 44.2 Å². The summed E-state index contributed by atoms with van der Waals surface area (Å²) >= 11 is 0. The van der Waals surface area contributed by atoms with E-state index >= 15 is 0 Å². The van der Waals surface area contributed by atoms with Crippen molar-refractivity contribution in [3.63, 3.8) is 0 Å². The lowest BCUT2D eigenvalue weighted by molar-refractivity contribution is -0.130. The van der Waals surface area contributed by atoms with Crippen LogP contribution in [0.25, 0.3) is 6.08 Å². The van der Waals surface area contributed by atoms with E-state index in [0.29, 0.717) is 32.2 Å². The van der Waals surface area contributed by atoms with Gasteiger partial charge in [-0.05, 0) is 49.8 Å². The highest BCUT2D eigenvalue weighted by Crippen LogP contribution is 2.05. The number of carbonyl (C=O) groups is 4. The van der Waals surface area contributed by atoms with Crippen LogP contribution in [-0.2, 0) is 19.2 Å². The van der Waals surface area contributed by atoms with Crippen LogP contribution in [0.2, 0.25) is 0 Å². The zero-order valence-electron chi connectivity index (χ0n) is 21.5. The first-order valence-corrected chi connectivity index (χ1v) is 12.2. The topological polar surface area (TPSA) is 156 Å². The highest BCUT2D eigenvalue weighted by Gasteiger charge is 2.22. The van der Waals surface area contributed by atoms with Gasteiger partial charge in [0.25, 0.3) is 0 Å². The molecule has 0 radical (unpaired) electrons. The van der Waals surface area contributed by atoms with Crippen LogP contribution in [0.5, 0.6) is 0 Å². The van der Waals surface area contributed by atoms with Crippen molar-refractivity contribution in [3.05, 3.63) is 42.0 Å². The van der Waals surface area contributed by atoms with Crippen LogP contribution in [0.3, 0.4) is 0 Å². The van der Waals surface area contributed by atoms with Gasteiger partial charge in [-0.2, -0.15) is 0 Å². The van der Waals surface area contributed by atoms with Gasteiger partial charge in [0.1, 0.15) is 12.1 Å². The summed E-state index contributed by atoms with van der Waals surface area (Å²) in [4.78, 5) is 48.6. The third-order valence-electron chi connectivity index (χ3n) is 4.62. The molecule has 4 amide bonds. The van der Waals surface area contributed by atoms with Gasteiger partial charge in [-0.1, -0.05) is 64.4 Å². The summed E-state index contributed by atoms with van der Waals surface area (Å²) in [7, 11) is 0. The van der Waals surface area contributed by atoms with Crippen LogP contribution in [0.4, 0.5) is 0 Å². The Kier molecular flexibility index (Phi) is 17.4. The third-order valence-corrected chi connectivity index (χ3v) is 4.62. The number of hydrogen-bond donors (Lipinski definition) is 5. The summed E-state index contributed by atoms with van der Waals surface area (Å²) in [5, 5.41) is 7.71. The molecule has 0 aliphatic heterocycles. The number of nitrogens with one attached hydrogen (secondary N) is 3. The van der Waals surface area contributed by atoms with Gasteiger partial charge < -0.3 is 27.4 Å². The second-order valence-electron chi connectivity index (χ2n) is 8.67. The molecule has 0 aliphatic rings. The molecule has 1 rings (SSSR count). The summed E-state index contributed by atoms with van der Waals surface area (Å²) < 4.78 is 0. The van der Waals surface area contributed by atoms with Gasteiger partial charge in [0, 0.05) is 6.08 Å². The highest BCUT2D eigenvalue weighted by molar-refractivity contribution is 5.96. The maximum Gasteiger partial charge on any atom is 0.244 e. The lowest BCUT2D eigenvalue weighted by Crippen LogP contribution is -2.51. The Balaban J connectivity index is 0.00000365. The van der Waals surface area contributed by atoms with Crippen molar-refractivity contribution in [3.8, 4) is 0 Å². The minimum Gasteiger partial charge on any atom is -0.368 e. The van der Waals surface area contributed by atoms with Gasteiger partial charge in [0.05, 0.1) is 6.54 Å². The number of benzene rings is 1. The molecule has 196 valence electrons. The van der Waals surface area contributed by atoms with E-state index < -0.39 is 35.7 Å². The molecule has 0 heterocycles. The lowest BCUT2D eigenvalue weighted by Gasteiger charge is -2.19. The van der Waals surface area contributed by atoms with Gasteiger partial charge in [-0.25, -0.2) is 0 Å². The Morgan fingerprint density at radius 2 is 1.60 bits per heavy atom. The molecule has 0 bridgehead atoms. The SMILES string of the molecule is CC(C)C[C@H](NC(=O)CNC(=O)[C@H](CCCCN)NC(=O)/C=C/c1ccccc1)C(N)=O.CCC. The van der Waals surface area contributed by atoms with E-state index in [9.17, 15) is 19.2 Å². The maximum atomic E-state index is 12.6. The van der Waals surface area contributed by atoms with Gasteiger partial charge in [0.15, 0.2) is 0 Å². The van der Waals surface area contributed by atoms with Crippen molar-refractivity contribution in [2.24, 2.45) is 17.4 Å². The lowest BCUT2D eigenvalue weighted by atomic mass is 10.0. The molecular weight excluding hydrogens is 446 g/mol. The van der Waals surface area contributed by atoms with Gasteiger partial charge in [-0.15, -0.1) is 0 Å². The van der Waals surface area contributed by atoms with Gasteiger partial charge in [-0.3, -0.25) is 19.2 Å². The number of amides is 4. The molecule has 35 heavy (non-hydrogen) atoms. The molecular formula is C26H43N5O4. The molecule has 0 unspecified atom stereocenters. The van der Waals surface area contributed by atoms with E-state index in [-0.39, 0.29) is 12.5 Å². The van der Waals surface area contributed by atoms with E-state index in [2.05, 4.69) is 29.8 Å². The first-order chi connectivity index (χ1) is 16.6. The van der Waals surface area contributed by atoms with Crippen molar-refractivity contribution in [2.45, 2.75) is 71.9 Å². The Morgan fingerprint density at radius 3 is 2.14 bits per heavy atom. The molecule has 1 aromatic carbocycles. The largest absolute Gasteiger partial charge is 0.368 e. The molecule has 7 N–H and O–H groups in total. The predicted molar refractivity (Wildman–Crippen MR) is 140 cm³/mol. The van der Waals surface area contributed by atoms with Crippen molar-refractivity contribution in [2.75, 3.05) is 13.1 Å². The average Bonchev–Trinajstić information content (AvgIpc) is 2.81. The first-order valence-electron chi connectivity index (χ1n) is 12.2. The number of primary amides is 1. The van der Waals surface area contributed by atoms with E-state index in [1.165, 1.54) is 12.5 Å². The average molecular weight is 490 g/mol. The Labute approximate surface area is 209 Å². The van der Waals surface area contributed by atoms with Crippen LogP contribution in [-0.4, -0.2) is 48.8 Å². The second kappa shape index (κ2) is 19.1. The number of hydrogen-bond acceptors (Lipinski definition) is 5. The molecule has 9 nitrogen and oxygen atoms in total. The summed E-state index contributed by atoms with van der Waals surface area (Å²) in [5.74, 6) is -1.90. The molecule has 2 atom stereocenters. The minimum atomic E-state index is -0.815. The van der Waals surface area contributed by atoms with Crippen LogP contribution in [0.1, 0.15) is 65.4 Å². The molecule has 0 spiro atoms. The van der Waals surface area contributed by atoms with E-state index in [4.69, 9.17) is 11.5 Å². The van der Waals surface area contributed by atoms with Gasteiger partial charge >= 0.3 is 0 Å². The zero-order valence-corrected chi connectivity index (χ0v) is 21.5. The molecule has 0 aliphatic carbocycles. The van der Waals surface area contributed by atoms with Crippen molar-refractivity contribution >= 4 is 29.7 Å². The Bertz CT molecular complexity index is 796. The standard InChI is InChI=1S/C23H35N5O4.C3H8/c1-16(2)14-19(22(25)31)28-21(30)15-26-23(32)18(10-6-7-13-24)27-20(29)12-11-17-8-4-3-5-9-17;1-3-2/h3-5,8-9,11-12,16,18-19H,6-7,10,13-15,24H2,1-2H3,(H2,25,31)(H,26,32)(H,27,29)(H,28,30);3H2,1-2H3/b12-11+;/t18-,19-;/m0./s1. The molecule has 0 saturated carbocycles. The molecule has 0 aromatic heterocycles.